The van der Waals surface area contributed by atoms with Crippen molar-refractivity contribution in [1.29, 1.82) is 0 Å². The number of furan rings is 1. The van der Waals surface area contributed by atoms with Crippen molar-refractivity contribution in [3.63, 3.8) is 0 Å². The van der Waals surface area contributed by atoms with E-state index in [1.807, 2.05) is 24.3 Å². The monoisotopic (exact) mass is 869 g/mol. The van der Waals surface area contributed by atoms with E-state index >= 15 is 0 Å². The molecule has 0 unspecified atom stereocenters. The van der Waals surface area contributed by atoms with Crippen LogP contribution in [0.1, 0.15) is 0 Å². The zero-order valence-electron chi connectivity index (χ0n) is 36.2. The van der Waals surface area contributed by atoms with E-state index in [1.54, 1.807) is 0 Å². The smallest absolute Gasteiger partial charge is 0.260 e. The van der Waals surface area contributed by atoms with Gasteiger partial charge in [-0.2, -0.15) is 0 Å². The Kier molecular flexibility index (Phi) is 7.15. The first kappa shape index (κ1) is 36.4. The Morgan fingerprint density at radius 1 is 0.338 bits per heavy atom. The van der Waals surface area contributed by atoms with Gasteiger partial charge < -0.3 is 27.9 Å². The Hall–Kier alpha value is -8.87. The fraction of sp³-hybridized carbons (Fsp3) is 0. The highest BCUT2D eigenvalue weighted by molar-refractivity contribution is 6.99. The van der Waals surface area contributed by atoms with Crippen LogP contribution < -0.4 is 51.7 Å². The minimum absolute atomic E-state index is 0.0197. The Labute approximate surface area is 390 Å². The van der Waals surface area contributed by atoms with Gasteiger partial charge in [-0.25, -0.2) is 0 Å². The predicted molar refractivity (Wildman–Crippen MR) is 274 cm³/mol. The van der Waals surface area contributed by atoms with Crippen molar-refractivity contribution >= 4 is 89.9 Å². The molecule has 10 aromatic carbocycles. The standard InChI is InChI=1S/C60H33B2NO5/c1-2-15-36(16-3-1)63-46-24-9-4-17-38(46)41-33-40(35-31-53-57-54(32-35)67-50-28-13-8-23-45(50)62(57)44-22-7-12-27-49(44)66-53)60-55(58(41)63)39-19-14-18-37(59(39)68-60)34-29-51-56-52(30-34)65-48-26-11-6-21-43(48)61(56)42-20-5-10-25-47(42)64-51/h1-33H. The van der Waals surface area contributed by atoms with Gasteiger partial charge in [0.1, 0.15) is 57.2 Å². The van der Waals surface area contributed by atoms with Gasteiger partial charge in [-0.05, 0) is 106 Å². The van der Waals surface area contributed by atoms with Gasteiger partial charge in [0, 0.05) is 43.9 Å². The predicted octanol–water partition coefficient (Wildman–Crippen LogP) is 11.5. The van der Waals surface area contributed by atoms with E-state index in [1.165, 1.54) is 0 Å². The molecule has 12 aromatic rings. The van der Waals surface area contributed by atoms with Gasteiger partial charge in [0.25, 0.3) is 13.4 Å². The number of benzene rings is 10. The molecule has 8 heteroatoms. The lowest BCUT2D eigenvalue weighted by atomic mass is 9.35. The SMILES string of the molecule is c1ccc(-n2c3ccccc3c3cc(-c4cc5c6c(c4)Oc4ccccc4B6c4ccccc4O5)c4oc5c(-c6cc7c8c(c6)Oc6ccccc6B8c6ccccc6O7)cccc5c4c32)cc1. The lowest BCUT2D eigenvalue weighted by Crippen LogP contribution is -2.57. The van der Waals surface area contributed by atoms with Gasteiger partial charge in [0.05, 0.1) is 16.4 Å². The summed E-state index contributed by atoms with van der Waals surface area (Å²) < 4.78 is 37.2. The van der Waals surface area contributed by atoms with Gasteiger partial charge in [-0.3, -0.25) is 0 Å². The van der Waals surface area contributed by atoms with E-state index in [0.29, 0.717) is 0 Å². The van der Waals surface area contributed by atoms with Crippen LogP contribution in [0.3, 0.4) is 0 Å². The number of fused-ring (bicyclic) bond motifs is 15. The van der Waals surface area contributed by atoms with Crippen LogP contribution in [0.2, 0.25) is 0 Å². The third kappa shape index (κ3) is 4.88. The molecule has 68 heavy (non-hydrogen) atoms. The normalized spacial score (nSPS) is 13.4. The third-order valence-corrected chi connectivity index (χ3v) is 14.6. The second-order valence-corrected chi connectivity index (χ2v) is 18.2. The molecule has 0 fully saturated rings. The van der Waals surface area contributed by atoms with Gasteiger partial charge in [-0.15, -0.1) is 0 Å². The molecule has 6 nitrogen and oxygen atoms in total. The van der Waals surface area contributed by atoms with Gasteiger partial charge in [0.15, 0.2) is 0 Å². The molecule has 0 saturated carbocycles. The number of nitrogens with zero attached hydrogens (tertiary/aromatic N) is 1. The van der Waals surface area contributed by atoms with Crippen LogP contribution in [0.5, 0.6) is 46.0 Å². The second-order valence-electron chi connectivity index (χ2n) is 18.2. The number of hydrogen-bond acceptors (Lipinski definition) is 5. The molecule has 2 aromatic heterocycles. The van der Waals surface area contributed by atoms with Crippen molar-refractivity contribution in [3.8, 4) is 73.9 Å². The first-order valence-electron chi connectivity index (χ1n) is 23.1. The molecular weight excluding hydrogens is 836 g/mol. The Morgan fingerprint density at radius 2 is 0.794 bits per heavy atom. The summed E-state index contributed by atoms with van der Waals surface area (Å²) in [6.07, 6.45) is 0. The maximum atomic E-state index is 7.47. The molecular formula is C60H33B2NO5. The van der Waals surface area contributed by atoms with Crippen molar-refractivity contribution in [2.24, 2.45) is 0 Å². The molecule has 0 N–H and O–H groups in total. The van der Waals surface area contributed by atoms with E-state index in [-0.39, 0.29) is 13.4 Å². The van der Waals surface area contributed by atoms with Crippen molar-refractivity contribution < 1.29 is 23.4 Å². The van der Waals surface area contributed by atoms with E-state index in [9.17, 15) is 0 Å². The lowest BCUT2D eigenvalue weighted by Gasteiger charge is -2.33. The average molecular weight is 870 g/mol. The summed E-state index contributed by atoms with van der Waals surface area (Å²) in [5.41, 5.74) is 15.1. The zero-order valence-corrected chi connectivity index (χ0v) is 36.2. The molecule has 0 atom stereocenters. The molecule has 16 rings (SSSR count). The van der Waals surface area contributed by atoms with Crippen molar-refractivity contribution in [2.75, 3.05) is 0 Å². The Bertz CT molecular complexity index is 4050. The van der Waals surface area contributed by atoms with E-state index in [2.05, 4.69) is 180 Å². The van der Waals surface area contributed by atoms with Crippen LogP contribution >= 0.6 is 0 Å². The van der Waals surface area contributed by atoms with Crippen molar-refractivity contribution in [3.05, 3.63) is 200 Å². The molecule has 0 bridgehead atoms. The van der Waals surface area contributed by atoms with Crippen molar-refractivity contribution in [1.82, 2.24) is 4.57 Å². The minimum atomic E-state index is -0.0314. The number of para-hydroxylation sites is 7. The third-order valence-electron chi connectivity index (χ3n) is 14.6. The average Bonchev–Trinajstić information content (AvgIpc) is 3.94. The van der Waals surface area contributed by atoms with Gasteiger partial charge in [0.2, 0.25) is 0 Å². The molecule has 6 heterocycles. The van der Waals surface area contributed by atoms with Crippen LogP contribution in [0.4, 0.5) is 0 Å². The largest absolute Gasteiger partial charge is 0.458 e. The highest BCUT2D eigenvalue weighted by atomic mass is 16.5. The Morgan fingerprint density at radius 3 is 1.34 bits per heavy atom. The number of ether oxygens (including phenoxy) is 4. The molecule has 4 aliphatic heterocycles. The summed E-state index contributed by atoms with van der Waals surface area (Å²) in [4.78, 5) is 0. The topological polar surface area (TPSA) is 55.0 Å². The van der Waals surface area contributed by atoms with E-state index in [4.69, 9.17) is 23.4 Å². The fourth-order valence-electron chi connectivity index (χ4n) is 11.8. The summed E-state index contributed by atoms with van der Waals surface area (Å²) in [6.45, 7) is -0.0511. The van der Waals surface area contributed by atoms with Gasteiger partial charge >= 0.3 is 0 Å². The van der Waals surface area contributed by atoms with E-state index < -0.39 is 0 Å². The molecule has 0 amide bonds. The van der Waals surface area contributed by atoms with Crippen LogP contribution in [-0.2, 0) is 0 Å². The lowest BCUT2D eigenvalue weighted by molar-refractivity contribution is 0.464. The van der Waals surface area contributed by atoms with Crippen LogP contribution in [0, 0.1) is 0 Å². The maximum absolute atomic E-state index is 7.47. The summed E-state index contributed by atoms with van der Waals surface area (Å²) in [6, 6.07) is 70.2. The zero-order chi connectivity index (χ0) is 44.2. The van der Waals surface area contributed by atoms with Crippen LogP contribution in [0.25, 0.3) is 71.7 Å². The highest BCUT2D eigenvalue weighted by Gasteiger charge is 2.42. The van der Waals surface area contributed by atoms with E-state index in [0.717, 1.165) is 150 Å². The fourth-order valence-corrected chi connectivity index (χ4v) is 11.8. The number of aromatic nitrogens is 1. The number of hydrogen-bond donors (Lipinski definition) is 0. The molecule has 0 radical (unpaired) electrons. The molecule has 4 aliphatic rings. The first-order chi connectivity index (χ1) is 33.7. The van der Waals surface area contributed by atoms with Crippen molar-refractivity contribution in [2.45, 2.75) is 0 Å². The molecule has 314 valence electrons. The Balaban J connectivity index is 0.984. The number of rotatable bonds is 3. The quantitative estimate of drug-likeness (QED) is 0.166. The summed E-state index contributed by atoms with van der Waals surface area (Å²) in [7, 11) is 0. The van der Waals surface area contributed by atoms with Gasteiger partial charge in [-0.1, -0.05) is 127 Å². The van der Waals surface area contributed by atoms with Crippen LogP contribution in [-0.4, -0.2) is 18.0 Å². The molecule has 0 saturated heterocycles. The summed E-state index contributed by atoms with van der Waals surface area (Å²) >= 11 is 0. The first-order valence-corrected chi connectivity index (χ1v) is 23.1. The summed E-state index contributed by atoms with van der Waals surface area (Å²) in [5, 5.41) is 4.28. The minimum Gasteiger partial charge on any atom is -0.458 e. The molecule has 0 aliphatic carbocycles. The highest BCUT2D eigenvalue weighted by Crippen LogP contribution is 2.49. The second kappa shape index (κ2) is 13.4. The maximum Gasteiger partial charge on any atom is 0.260 e. The summed E-state index contributed by atoms with van der Waals surface area (Å²) in [5.74, 6) is 6.50. The van der Waals surface area contributed by atoms with Crippen LogP contribution in [0.15, 0.2) is 205 Å². The molecule has 0 spiro atoms.